The number of nitrogens with zero attached hydrogens (tertiary/aromatic N) is 1. The molecule has 1 aromatic heterocycles. The van der Waals surface area contributed by atoms with Crippen LogP contribution in [0.2, 0.25) is 0 Å². The Labute approximate surface area is 193 Å². The first-order valence-electron chi connectivity index (χ1n) is 11.1. The van der Waals surface area contributed by atoms with E-state index in [4.69, 9.17) is 22.9 Å². The first-order valence-corrected chi connectivity index (χ1v) is 11.1. The molecule has 1 heterocycles. The van der Waals surface area contributed by atoms with E-state index in [0.29, 0.717) is 50.9 Å². The Morgan fingerprint density at radius 1 is 0.939 bits per heavy atom. The van der Waals surface area contributed by atoms with Gasteiger partial charge in [0.2, 0.25) is 23.6 Å². The predicted molar refractivity (Wildman–Crippen MR) is 122 cm³/mol. The summed E-state index contributed by atoms with van der Waals surface area (Å²) in [6.07, 6.45) is 6.63. The van der Waals surface area contributed by atoms with Gasteiger partial charge in [0.15, 0.2) is 0 Å². The quantitative estimate of drug-likeness (QED) is 0.110. The maximum absolute atomic E-state index is 12.8. The van der Waals surface area contributed by atoms with Gasteiger partial charge in [-0.1, -0.05) is 6.42 Å². The molecular formula is C20H37N9O4. The third-order valence-corrected chi connectivity index (χ3v) is 4.96. The van der Waals surface area contributed by atoms with Gasteiger partial charge in [-0.15, -0.1) is 0 Å². The van der Waals surface area contributed by atoms with E-state index >= 15 is 0 Å². The third-order valence-electron chi connectivity index (χ3n) is 4.96. The number of H-pyrrole nitrogens is 1. The first kappa shape index (κ1) is 28.0. The molecule has 0 saturated carbocycles. The molecule has 1 aromatic rings. The largest absolute Gasteiger partial charge is 0.368 e. The van der Waals surface area contributed by atoms with Gasteiger partial charge in [-0.05, 0) is 45.2 Å². The summed E-state index contributed by atoms with van der Waals surface area (Å²) in [4.78, 5) is 55.9. The molecule has 13 nitrogen and oxygen atoms in total. The molecule has 0 aliphatic rings. The number of primary amides is 1. The lowest BCUT2D eigenvalue weighted by atomic mass is 10.1. The predicted octanol–water partition coefficient (Wildman–Crippen LogP) is -2.89. The van der Waals surface area contributed by atoms with Crippen molar-refractivity contribution in [2.45, 2.75) is 63.1 Å². The van der Waals surface area contributed by atoms with Gasteiger partial charge >= 0.3 is 0 Å². The molecule has 0 radical (unpaired) electrons. The van der Waals surface area contributed by atoms with Crippen molar-refractivity contribution in [1.29, 1.82) is 0 Å². The Morgan fingerprint density at radius 2 is 1.61 bits per heavy atom. The van der Waals surface area contributed by atoms with Gasteiger partial charge < -0.3 is 43.9 Å². The van der Waals surface area contributed by atoms with Gasteiger partial charge in [-0.3, -0.25) is 19.2 Å². The number of nitrogens with two attached hydrogens (primary N) is 4. The second kappa shape index (κ2) is 15.7. The summed E-state index contributed by atoms with van der Waals surface area (Å²) in [6, 6.07) is -2.68. The number of carbonyl (C=O) groups excluding carboxylic acids is 4. The lowest BCUT2D eigenvalue weighted by Gasteiger charge is -2.22. The summed E-state index contributed by atoms with van der Waals surface area (Å²) < 4.78 is 0. The van der Waals surface area contributed by atoms with Crippen LogP contribution in [-0.2, 0) is 25.6 Å². The fourth-order valence-electron chi connectivity index (χ4n) is 3.06. The Kier molecular flexibility index (Phi) is 13.3. The minimum absolute atomic E-state index is 0.0713. The molecule has 1 rings (SSSR count). The number of aromatic nitrogens is 2. The highest BCUT2D eigenvalue weighted by Gasteiger charge is 2.26. The van der Waals surface area contributed by atoms with E-state index in [9.17, 15) is 19.2 Å². The zero-order valence-electron chi connectivity index (χ0n) is 18.8. The molecule has 0 aromatic carbocycles. The van der Waals surface area contributed by atoms with Gasteiger partial charge in [-0.2, -0.15) is 0 Å². The van der Waals surface area contributed by atoms with E-state index in [-0.39, 0.29) is 13.0 Å². The van der Waals surface area contributed by atoms with Crippen molar-refractivity contribution >= 4 is 23.6 Å². The molecule has 0 bridgehead atoms. The Hall–Kier alpha value is -3.03. The first-order chi connectivity index (χ1) is 15.8. The van der Waals surface area contributed by atoms with Gasteiger partial charge in [0.25, 0.3) is 0 Å². The Balaban J connectivity index is 2.69. The van der Waals surface area contributed by atoms with Gasteiger partial charge in [0, 0.05) is 12.6 Å². The van der Waals surface area contributed by atoms with E-state index in [0.717, 1.165) is 6.42 Å². The second-order valence-corrected chi connectivity index (χ2v) is 7.74. The SMILES string of the molecule is NCCCC[C@H](NC(=O)[C@H](Cc1c[nH]cn1)NC(=O)CNC(=O)[C@@H](N)CCCCN)C(N)=O. The van der Waals surface area contributed by atoms with Crippen LogP contribution in [0, 0.1) is 0 Å². The molecule has 0 saturated heterocycles. The van der Waals surface area contributed by atoms with Gasteiger partial charge in [-0.25, -0.2) is 4.98 Å². The normalized spacial score (nSPS) is 13.5. The molecular weight excluding hydrogens is 430 g/mol. The number of imidazole rings is 1. The molecule has 186 valence electrons. The molecule has 12 N–H and O–H groups in total. The third kappa shape index (κ3) is 11.4. The van der Waals surface area contributed by atoms with E-state index < -0.39 is 41.8 Å². The number of carbonyl (C=O) groups is 4. The number of aromatic amines is 1. The van der Waals surface area contributed by atoms with E-state index in [1.807, 2.05) is 0 Å². The van der Waals surface area contributed by atoms with Crippen molar-refractivity contribution in [3.63, 3.8) is 0 Å². The average Bonchev–Trinajstić information content (AvgIpc) is 3.29. The van der Waals surface area contributed by atoms with Crippen LogP contribution in [0.4, 0.5) is 0 Å². The number of hydrogen-bond donors (Lipinski definition) is 8. The summed E-state index contributed by atoms with van der Waals surface area (Å²) in [5.74, 6) is -2.33. The molecule has 13 heteroatoms. The van der Waals surface area contributed by atoms with Crippen LogP contribution in [-0.4, -0.2) is 71.4 Å². The van der Waals surface area contributed by atoms with Crippen molar-refractivity contribution in [1.82, 2.24) is 25.9 Å². The maximum atomic E-state index is 12.8. The molecule has 3 atom stereocenters. The molecule has 33 heavy (non-hydrogen) atoms. The molecule has 0 unspecified atom stereocenters. The smallest absolute Gasteiger partial charge is 0.243 e. The van der Waals surface area contributed by atoms with Crippen LogP contribution in [0.1, 0.15) is 44.2 Å². The Bertz CT molecular complexity index is 742. The summed E-state index contributed by atoms with van der Waals surface area (Å²) in [5, 5.41) is 7.60. The standard InChI is InChI=1S/C20H37N9O4/c21-7-3-1-5-14(23)19(32)26-11-17(30)28-16(9-13-10-25-12-27-13)20(33)29-15(18(24)31)6-2-4-8-22/h10,12,14-16H,1-9,11,21-23H2,(H2,24,31)(H,25,27)(H,26,32)(H,28,30)(H,29,33)/t14-,15-,16-/m0/s1. The topological polar surface area (TPSA) is 237 Å². The minimum atomic E-state index is -1.03. The van der Waals surface area contributed by atoms with Crippen LogP contribution < -0.4 is 38.9 Å². The number of hydrogen-bond acceptors (Lipinski definition) is 8. The van der Waals surface area contributed by atoms with Gasteiger partial charge in [0.1, 0.15) is 12.1 Å². The van der Waals surface area contributed by atoms with Crippen LogP contribution >= 0.6 is 0 Å². The van der Waals surface area contributed by atoms with Crippen molar-refractivity contribution in [3.8, 4) is 0 Å². The summed E-state index contributed by atoms with van der Waals surface area (Å²) in [7, 11) is 0. The van der Waals surface area contributed by atoms with Crippen molar-refractivity contribution < 1.29 is 19.2 Å². The lowest BCUT2D eigenvalue weighted by Crippen LogP contribution is -2.55. The molecule has 0 spiro atoms. The molecule has 0 fully saturated rings. The summed E-state index contributed by atoms with van der Waals surface area (Å²) in [6.45, 7) is 0.614. The van der Waals surface area contributed by atoms with Gasteiger partial charge in [0.05, 0.1) is 24.6 Å². The average molecular weight is 468 g/mol. The number of unbranched alkanes of at least 4 members (excludes halogenated alkanes) is 2. The molecule has 0 aliphatic carbocycles. The minimum Gasteiger partial charge on any atom is -0.368 e. The van der Waals surface area contributed by atoms with Crippen LogP contribution in [0.15, 0.2) is 12.5 Å². The number of rotatable bonds is 17. The fourth-order valence-corrected chi connectivity index (χ4v) is 3.06. The summed E-state index contributed by atoms with van der Waals surface area (Å²) >= 11 is 0. The van der Waals surface area contributed by atoms with Crippen molar-refractivity contribution in [2.24, 2.45) is 22.9 Å². The summed E-state index contributed by atoms with van der Waals surface area (Å²) in [5.41, 5.74) is 22.6. The molecule has 0 aliphatic heterocycles. The second-order valence-electron chi connectivity index (χ2n) is 7.74. The van der Waals surface area contributed by atoms with Crippen molar-refractivity contribution in [2.75, 3.05) is 19.6 Å². The number of amides is 4. The fraction of sp³-hybridized carbons (Fsp3) is 0.650. The Morgan fingerprint density at radius 3 is 2.18 bits per heavy atom. The van der Waals surface area contributed by atoms with Crippen molar-refractivity contribution in [3.05, 3.63) is 18.2 Å². The van der Waals surface area contributed by atoms with Crippen LogP contribution in [0.3, 0.4) is 0 Å². The maximum Gasteiger partial charge on any atom is 0.243 e. The van der Waals surface area contributed by atoms with E-state index in [2.05, 4.69) is 25.9 Å². The monoisotopic (exact) mass is 467 g/mol. The van der Waals surface area contributed by atoms with Crippen LogP contribution in [0.5, 0.6) is 0 Å². The zero-order valence-corrected chi connectivity index (χ0v) is 18.8. The van der Waals surface area contributed by atoms with Crippen LogP contribution in [0.25, 0.3) is 0 Å². The zero-order chi connectivity index (χ0) is 24.6. The van der Waals surface area contributed by atoms with E-state index in [1.54, 1.807) is 6.20 Å². The highest BCUT2D eigenvalue weighted by Crippen LogP contribution is 2.04. The highest BCUT2D eigenvalue weighted by atomic mass is 16.2. The number of nitrogens with one attached hydrogen (secondary N) is 4. The molecule has 4 amide bonds. The van der Waals surface area contributed by atoms with E-state index in [1.165, 1.54) is 6.33 Å². The highest BCUT2D eigenvalue weighted by molar-refractivity contribution is 5.93. The lowest BCUT2D eigenvalue weighted by molar-refractivity contribution is -0.132.